The number of hydrogen-bond donors (Lipinski definition) is 0. The molecular formula is C30H36N2O3. The third-order valence-corrected chi connectivity index (χ3v) is 6.57. The van der Waals surface area contributed by atoms with Gasteiger partial charge in [0.1, 0.15) is 12.3 Å². The van der Waals surface area contributed by atoms with E-state index < -0.39 is 0 Å². The summed E-state index contributed by atoms with van der Waals surface area (Å²) in [5, 5.41) is 0. The van der Waals surface area contributed by atoms with Crippen LogP contribution in [0.15, 0.2) is 77.4 Å². The van der Waals surface area contributed by atoms with Crippen molar-refractivity contribution in [3.63, 3.8) is 0 Å². The lowest BCUT2D eigenvalue weighted by molar-refractivity contribution is -0.133. The summed E-state index contributed by atoms with van der Waals surface area (Å²) in [4.78, 5) is 30.4. The second-order valence-corrected chi connectivity index (χ2v) is 9.49. The third kappa shape index (κ3) is 7.32. The molecule has 0 saturated heterocycles. The minimum Gasteiger partial charge on any atom is -0.467 e. The molecule has 1 aliphatic rings. The smallest absolute Gasteiger partial charge is 0.254 e. The van der Waals surface area contributed by atoms with E-state index >= 15 is 0 Å². The number of benzene rings is 2. The van der Waals surface area contributed by atoms with Gasteiger partial charge in [0.05, 0.1) is 12.8 Å². The number of rotatable bonds is 13. The molecular weight excluding hydrogens is 436 g/mol. The van der Waals surface area contributed by atoms with E-state index in [1.54, 1.807) is 16.1 Å². The summed E-state index contributed by atoms with van der Waals surface area (Å²) in [7, 11) is 0. The first kappa shape index (κ1) is 24.8. The van der Waals surface area contributed by atoms with Crippen molar-refractivity contribution >= 4 is 11.8 Å². The molecule has 2 amide bonds. The van der Waals surface area contributed by atoms with Gasteiger partial charge in [-0.3, -0.25) is 9.59 Å². The van der Waals surface area contributed by atoms with Gasteiger partial charge in [-0.05, 0) is 61.1 Å². The minimum absolute atomic E-state index is 0.0592. The molecule has 4 rings (SSSR count). The van der Waals surface area contributed by atoms with Gasteiger partial charge < -0.3 is 14.2 Å². The van der Waals surface area contributed by atoms with E-state index in [1.165, 1.54) is 31.2 Å². The zero-order chi connectivity index (χ0) is 24.5. The number of nitrogens with zero attached hydrogens (tertiary/aromatic N) is 2. The van der Waals surface area contributed by atoms with Crippen LogP contribution in [0.1, 0.15) is 72.7 Å². The van der Waals surface area contributed by atoms with Crippen molar-refractivity contribution in [1.29, 1.82) is 0 Å². The van der Waals surface area contributed by atoms with Crippen molar-refractivity contribution < 1.29 is 14.0 Å². The average Bonchev–Trinajstić information content (AvgIpc) is 3.60. The Balaban J connectivity index is 1.43. The lowest BCUT2D eigenvalue weighted by Crippen LogP contribution is -2.43. The highest BCUT2D eigenvalue weighted by atomic mass is 16.3. The summed E-state index contributed by atoms with van der Waals surface area (Å²) in [6.45, 7) is 3.14. The van der Waals surface area contributed by atoms with E-state index in [0.717, 1.165) is 30.6 Å². The summed E-state index contributed by atoms with van der Waals surface area (Å²) in [6.07, 6.45) is 9.48. The van der Waals surface area contributed by atoms with Gasteiger partial charge >= 0.3 is 0 Å². The summed E-state index contributed by atoms with van der Waals surface area (Å²) < 4.78 is 5.51. The van der Waals surface area contributed by atoms with Gasteiger partial charge in [-0.1, -0.05) is 68.7 Å². The van der Waals surface area contributed by atoms with Crippen LogP contribution >= 0.6 is 0 Å². The summed E-state index contributed by atoms with van der Waals surface area (Å²) in [5.41, 5.74) is 2.97. The molecule has 0 spiro atoms. The molecule has 1 aromatic heterocycles. The SMILES string of the molecule is CCCCCCc1ccc(C(=O)N(CC(=O)N(Cc2ccccc2)Cc2ccco2)C2CC2)cc1. The van der Waals surface area contributed by atoms with Crippen LogP contribution in [-0.2, 0) is 24.3 Å². The van der Waals surface area contributed by atoms with E-state index in [0.29, 0.717) is 18.7 Å². The molecule has 2 aromatic carbocycles. The van der Waals surface area contributed by atoms with Crippen LogP contribution in [0.4, 0.5) is 0 Å². The molecule has 1 aliphatic carbocycles. The van der Waals surface area contributed by atoms with Gasteiger partial charge in [0.15, 0.2) is 0 Å². The van der Waals surface area contributed by atoms with Gasteiger partial charge in [0.25, 0.3) is 5.91 Å². The van der Waals surface area contributed by atoms with E-state index in [2.05, 4.69) is 19.1 Å². The predicted octanol–water partition coefficient (Wildman–Crippen LogP) is 6.24. The van der Waals surface area contributed by atoms with Crippen LogP contribution in [0.5, 0.6) is 0 Å². The van der Waals surface area contributed by atoms with Crippen LogP contribution in [0.25, 0.3) is 0 Å². The molecule has 1 heterocycles. The Kier molecular flexibility index (Phi) is 8.77. The van der Waals surface area contributed by atoms with Crippen molar-refractivity contribution in [2.24, 2.45) is 0 Å². The molecule has 184 valence electrons. The first-order valence-corrected chi connectivity index (χ1v) is 12.9. The number of furan rings is 1. The van der Waals surface area contributed by atoms with Crippen molar-refractivity contribution in [3.8, 4) is 0 Å². The average molecular weight is 473 g/mol. The van der Waals surface area contributed by atoms with Crippen LogP contribution in [0.2, 0.25) is 0 Å². The number of unbranched alkanes of at least 4 members (excludes halogenated alkanes) is 3. The maximum absolute atomic E-state index is 13.5. The number of amides is 2. The first-order valence-electron chi connectivity index (χ1n) is 12.9. The summed E-state index contributed by atoms with van der Waals surface area (Å²) >= 11 is 0. The second-order valence-electron chi connectivity index (χ2n) is 9.49. The maximum Gasteiger partial charge on any atom is 0.254 e. The Morgan fingerprint density at radius 3 is 2.29 bits per heavy atom. The van der Waals surface area contributed by atoms with E-state index in [4.69, 9.17) is 4.42 Å². The number of carbonyl (C=O) groups excluding carboxylic acids is 2. The van der Waals surface area contributed by atoms with Crippen LogP contribution in [0, 0.1) is 0 Å². The second kappa shape index (κ2) is 12.4. The van der Waals surface area contributed by atoms with E-state index in [-0.39, 0.29) is 24.4 Å². The van der Waals surface area contributed by atoms with Gasteiger partial charge in [-0.25, -0.2) is 0 Å². The zero-order valence-corrected chi connectivity index (χ0v) is 20.7. The normalized spacial score (nSPS) is 12.9. The monoisotopic (exact) mass is 472 g/mol. The minimum atomic E-state index is -0.0713. The Morgan fingerprint density at radius 2 is 1.63 bits per heavy atom. The van der Waals surface area contributed by atoms with Crippen molar-refractivity contribution in [1.82, 2.24) is 9.80 Å². The quantitative estimate of drug-likeness (QED) is 0.277. The molecule has 0 aliphatic heterocycles. The molecule has 1 saturated carbocycles. The lowest BCUT2D eigenvalue weighted by Gasteiger charge is -2.27. The van der Waals surface area contributed by atoms with Crippen LogP contribution in [0.3, 0.4) is 0 Å². The Bertz CT molecular complexity index is 1060. The number of aryl methyl sites for hydroxylation is 1. The van der Waals surface area contributed by atoms with Crippen LogP contribution < -0.4 is 0 Å². The highest BCUT2D eigenvalue weighted by molar-refractivity contribution is 5.97. The van der Waals surface area contributed by atoms with Gasteiger partial charge in [-0.15, -0.1) is 0 Å². The molecule has 5 heteroatoms. The predicted molar refractivity (Wildman–Crippen MR) is 138 cm³/mol. The fourth-order valence-corrected chi connectivity index (χ4v) is 4.36. The van der Waals surface area contributed by atoms with Crippen molar-refractivity contribution in [3.05, 3.63) is 95.4 Å². The molecule has 0 bridgehead atoms. The number of carbonyl (C=O) groups is 2. The molecule has 5 nitrogen and oxygen atoms in total. The topological polar surface area (TPSA) is 53.8 Å². The van der Waals surface area contributed by atoms with Gasteiger partial charge in [-0.2, -0.15) is 0 Å². The molecule has 0 N–H and O–H groups in total. The lowest BCUT2D eigenvalue weighted by atomic mass is 10.0. The fourth-order valence-electron chi connectivity index (χ4n) is 4.36. The molecule has 3 aromatic rings. The van der Waals surface area contributed by atoms with Gasteiger partial charge in [0.2, 0.25) is 5.91 Å². The molecule has 0 radical (unpaired) electrons. The molecule has 0 unspecified atom stereocenters. The van der Waals surface area contributed by atoms with E-state index in [9.17, 15) is 9.59 Å². The van der Waals surface area contributed by atoms with Gasteiger partial charge in [0, 0.05) is 18.2 Å². The van der Waals surface area contributed by atoms with Crippen molar-refractivity contribution in [2.75, 3.05) is 6.54 Å². The van der Waals surface area contributed by atoms with E-state index in [1.807, 2.05) is 54.6 Å². The molecule has 35 heavy (non-hydrogen) atoms. The third-order valence-electron chi connectivity index (χ3n) is 6.57. The maximum atomic E-state index is 13.5. The Morgan fingerprint density at radius 1 is 0.857 bits per heavy atom. The zero-order valence-electron chi connectivity index (χ0n) is 20.7. The first-order chi connectivity index (χ1) is 17.1. The highest BCUT2D eigenvalue weighted by Gasteiger charge is 2.35. The number of hydrogen-bond acceptors (Lipinski definition) is 3. The summed E-state index contributed by atoms with van der Waals surface area (Å²) in [6, 6.07) is 21.7. The summed E-state index contributed by atoms with van der Waals surface area (Å²) in [5.74, 6) is 0.599. The molecule has 0 atom stereocenters. The van der Waals surface area contributed by atoms with Crippen molar-refractivity contribution in [2.45, 2.75) is 71.0 Å². The van der Waals surface area contributed by atoms with Crippen LogP contribution in [-0.4, -0.2) is 34.2 Å². The Hall–Kier alpha value is -3.34. The fraction of sp³-hybridized carbons (Fsp3) is 0.400. The molecule has 1 fully saturated rings. The highest BCUT2D eigenvalue weighted by Crippen LogP contribution is 2.29. The standard InChI is InChI=1S/C30H36N2O3/c1-2-3-4-6-10-24-14-16-26(17-15-24)30(34)32(27-18-19-27)23-29(33)31(22-28-13-9-20-35-28)21-25-11-7-5-8-12-25/h5,7-9,11-17,20,27H,2-4,6,10,18-19,21-23H2,1H3. The largest absolute Gasteiger partial charge is 0.467 e. The Labute approximate surface area is 208 Å².